The highest BCUT2D eigenvalue weighted by molar-refractivity contribution is 5.80. The first kappa shape index (κ1) is 40.6. The molecule has 0 aromatic rings. The maximum atomic E-state index is 12.8. The van der Waals surface area contributed by atoms with Gasteiger partial charge in [0.05, 0.1) is 25.4 Å². The van der Waals surface area contributed by atoms with Crippen molar-refractivity contribution in [2.45, 2.75) is 165 Å². The van der Waals surface area contributed by atoms with E-state index < -0.39 is 74.2 Å². The molecule has 11 heteroatoms. The summed E-state index contributed by atoms with van der Waals surface area (Å²) in [4.78, 5) is 12.8. The molecule has 44 heavy (non-hydrogen) atoms. The zero-order chi connectivity index (χ0) is 32.7. The number of hydrogen-bond acceptors (Lipinski definition) is 10. The van der Waals surface area contributed by atoms with Gasteiger partial charge in [0, 0.05) is 0 Å². The van der Waals surface area contributed by atoms with Crippen molar-refractivity contribution in [3.05, 3.63) is 24.3 Å². The molecule has 0 aromatic carbocycles. The fourth-order valence-electron chi connectivity index (χ4n) is 5.01. The minimum Gasteiger partial charge on any atom is -0.394 e. The number of hydrogen-bond donors (Lipinski definition) is 8. The monoisotopic (exact) mass is 631 g/mol. The molecule has 9 atom stereocenters. The zero-order valence-corrected chi connectivity index (χ0v) is 26.9. The summed E-state index contributed by atoms with van der Waals surface area (Å²) in [5.74, 6) is -0.729. The van der Waals surface area contributed by atoms with E-state index in [1.807, 2.05) is 0 Å². The molecule has 0 aromatic heterocycles. The van der Waals surface area contributed by atoms with E-state index in [4.69, 9.17) is 9.47 Å². The van der Waals surface area contributed by atoms with Gasteiger partial charge in [-0.3, -0.25) is 4.79 Å². The number of ether oxygens (including phenoxy) is 2. The minimum absolute atomic E-state index is 0.231. The molecule has 0 bridgehead atoms. The van der Waals surface area contributed by atoms with Crippen molar-refractivity contribution in [1.29, 1.82) is 0 Å². The second-order valence-electron chi connectivity index (χ2n) is 11.9. The highest BCUT2D eigenvalue weighted by Gasteiger charge is 2.44. The molecule has 11 nitrogen and oxygen atoms in total. The maximum absolute atomic E-state index is 12.8. The molecule has 9 unspecified atom stereocenters. The lowest BCUT2D eigenvalue weighted by molar-refractivity contribution is -0.303. The van der Waals surface area contributed by atoms with E-state index in [0.717, 1.165) is 57.8 Å². The zero-order valence-electron chi connectivity index (χ0n) is 26.9. The Morgan fingerprint density at radius 1 is 0.773 bits per heavy atom. The van der Waals surface area contributed by atoms with Crippen molar-refractivity contribution in [3.63, 3.8) is 0 Å². The normalized spacial score (nSPS) is 25.3. The Labute approximate surface area is 264 Å². The van der Waals surface area contributed by atoms with E-state index in [0.29, 0.717) is 12.8 Å². The molecule has 258 valence electrons. The Morgan fingerprint density at radius 3 is 1.98 bits per heavy atom. The summed E-state index contributed by atoms with van der Waals surface area (Å²) in [7, 11) is 0. The van der Waals surface area contributed by atoms with E-state index in [-0.39, 0.29) is 12.8 Å². The van der Waals surface area contributed by atoms with Crippen LogP contribution in [-0.2, 0) is 14.3 Å². The third-order valence-corrected chi connectivity index (χ3v) is 7.98. The number of allylic oxidation sites excluding steroid dienone is 4. The third kappa shape index (κ3) is 16.2. The quantitative estimate of drug-likeness (QED) is 0.0549. The number of aliphatic hydroxyl groups excluding tert-OH is 7. The predicted molar refractivity (Wildman–Crippen MR) is 169 cm³/mol. The van der Waals surface area contributed by atoms with Gasteiger partial charge in [-0.1, -0.05) is 76.7 Å². The van der Waals surface area contributed by atoms with Crippen molar-refractivity contribution in [1.82, 2.24) is 5.32 Å². The smallest absolute Gasteiger partial charge is 0.249 e. The summed E-state index contributed by atoms with van der Waals surface area (Å²) in [5, 5.41) is 74.5. The maximum Gasteiger partial charge on any atom is 0.249 e. The lowest BCUT2D eigenvalue weighted by Crippen LogP contribution is -2.60. The second kappa shape index (κ2) is 24.8. The Kier molecular flexibility index (Phi) is 22.9. The van der Waals surface area contributed by atoms with E-state index in [1.54, 1.807) is 0 Å². The minimum atomic E-state index is -1.66. The summed E-state index contributed by atoms with van der Waals surface area (Å²) in [5.41, 5.74) is 0. The molecule has 1 rings (SSSR count). The highest BCUT2D eigenvalue weighted by Crippen LogP contribution is 2.23. The molecule has 1 fully saturated rings. The van der Waals surface area contributed by atoms with Gasteiger partial charge in [-0.15, -0.1) is 0 Å². The van der Waals surface area contributed by atoms with Crippen LogP contribution < -0.4 is 5.32 Å². The van der Waals surface area contributed by atoms with E-state index in [9.17, 15) is 40.5 Å². The molecule has 1 aliphatic rings. The number of carbonyl (C=O) groups is 1. The topological polar surface area (TPSA) is 189 Å². The summed E-state index contributed by atoms with van der Waals surface area (Å²) >= 11 is 0. The average Bonchev–Trinajstić information content (AvgIpc) is 3.02. The highest BCUT2D eigenvalue weighted by atomic mass is 16.7. The molecule has 1 aliphatic heterocycles. The van der Waals surface area contributed by atoms with Crippen LogP contribution in [0.15, 0.2) is 24.3 Å². The summed E-state index contributed by atoms with van der Waals surface area (Å²) < 4.78 is 10.9. The van der Waals surface area contributed by atoms with Crippen LogP contribution in [0.2, 0.25) is 0 Å². The first-order valence-corrected chi connectivity index (χ1v) is 16.7. The van der Waals surface area contributed by atoms with Gasteiger partial charge in [0.15, 0.2) is 6.29 Å². The van der Waals surface area contributed by atoms with Crippen molar-refractivity contribution < 1.29 is 50.0 Å². The van der Waals surface area contributed by atoms with Gasteiger partial charge in [0.25, 0.3) is 0 Å². The Balaban J connectivity index is 2.70. The average molecular weight is 632 g/mol. The molecule has 1 saturated heterocycles. The van der Waals surface area contributed by atoms with Crippen LogP contribution in [0.5, 0.6) is 0 Å². The van der Waals surface area contributed by atoms with Gasteiger partial charge < -0.3 is 50.5 Å². The second-order valence-corrected chi connectivity index (χ2v) is 11.9. The van der Waals surface area contributed by atoms with E-state index in [2.05, 4.69) is 43.5 Å². The van der Waals surface area contributed by atoms with Gasteiger partial charge in [-0.25, -0.2) is 0 Å². The van der Waals surface area contributed by atoms with Crippen molar-refractivity contribution in [2.24, 2.45) is 0 Å². The predicted octanol–water partition coefficient (Wildman–Crippen LogP) is 2.37. The van der Waals surface area contributed by atoms with Gasteiger partial charge in [0.2, 0.25) is 5.91 Å². The van der Waals surface area contributed by atoms with Crippen LogP contribution in [0.1, 0.15) is 110 Å². The molecule has 0 aliphatic carbocycles. The lowest BCUT2D eigenvalue weighted by Gasteiger charge is -2.40. The molecule has 0 saturated carbocycles. The lowest BCUT2D eigenvalue weighted by atomic mass is 9.98. The molecular weight excluding hydrogens is 570 g/mol. The summed E-state index contributed by atoms with van der Waals surface area (Å²) in [6.45, 7) is 3.23. The van der Waals surface area contributed by atoms with Crippen LogP contribution >= 0.6 is 0 Å². The Bertz CT molecular complexity index is 780. The Morgan fingerprint density at radius 2 is 1.36 bits per heavy atom. The van der Waals surface area contributed by atoms with Gasteiger partial charge in [0.1, 0.15) is 36.6 Å². The number of amides is 1. The molecule has 1 amide bonds. The number of aliphatic hydroxyl groups is 7. The van der Waals surface area contributed by atoms with Gasteiger partial charge in [-0.2, -0.15) is 0 Å². The van der Waals surface area contributed by atoms with Crippen LogP contribution in [0.3, 0.4) is 0 Å². The first-order chi connectivity index (χ1) is 21.2. The van der Waals surface area contributed by atoms with E-state index >= 15 is 0 Å². The third-order valence-electron chi connectivity index (χ3n) is 7.98. The van der Waals surface area contributed by atoms with Crippen molar-refractivity contribution >= 4 is 5.91 Å². The van der Waals surface area contributed by atoms with Gasteiger partial charge in [-0.05, 0) is 57.8 Å². The summed E-state index contributed by atoms with van der Waals surface area (Å²) in [6, 6.07) is -1.18. The van der Waals surface area contributed by atoms with Crippen LogP contribution in [0, 0.1) is 0 Å². The largest absolute Gasteiger partial charge is 0.394 e. The number of nitrogens with one attached hydrogen (secondary N) is 1. The van der Waals surface area contributed by atoms with Gasteiger partial charge >= 0.3 is 0 Å². The molecular formula is C33H61NO10. The number of carbonyl (C=O) groups excluding carboxylic acids is 1. The summed E-state index contributed by atoms with van der Waals surface area (Å²) in [6.07, 6.45) is 10.0. The number of rotatable bonds is 25. The molecule has 8 N–H and O–H groups in total. The molecule has 0 spiro atoms. The molecule has 0 radical (unpaired) electrons. The number of unbranched alkanes of at least 4 members (excludes halogenated alkanes) is 9. The fourth-order valence-corrected chi connectivity index (χ4v) is 5.01. The SMILES string of the molecule is CCCC/C=C\CCCCCC(O)C(=O)NC(COC1OC(CO)C(O)C(O)C1O)C(O)C(O)CCC/C=C/CCCCC. The fraction of sp³-hybridized carbons (Fsp3) is 0.848. The Hall–Kier alpha value is -1.41. The van der Waals surface area contributed by atoms with Crippen molar-refractivity contribution in [2.75, 3.05) is 13.2 Å². The van der Waals surface area contributed by atoms with E-state index in [1.165, 1.54) is 12.8 Å². The van der Waals surface area contributed by atoms with Crippen LogP contribution in [-0.4, -0.2) is 110 Å². The van der Waals surface area contributed by atoms with Crippen molar-refractivity contribution in [3.8, 4) is 0 Å². The first-order valence-electron chi connectivity index (χ1n) is 16.7. The molecule has 1 heterocycles. The van der Waals surface area contributed by atoms with Crippen LogP contribution in [0.25, 0.3) is 0 Å². The van der Waals surface area contributed by atoms with Crippen LogP contribution in [0.4, 0.5) is 0 Å². The standard InChI is InChI=1S/C33H61NO10/c1-3-5-7-9-11-13-15-17-19-21-26(37)32(42)34-24(23-43-33-31(41)30(40)29(39)27(22-35)44-33)28(38)25(36)20-18-16-14-12-10-8-6-4-2/h9,11-12,14,24-31,33,35-41H,3-8,10,13,15-23H2,1-2H3,(H,34,42)/b11-9-,14-12+.